The number of ether oxygens (including phenoxy) is 1. The summed E-state index contributed by atoms with van der Waals surface area (Å²) in [4.78, 5) is 34.8. The minimum absolute atomic E-state index is 0.0296. The smallest absolute Gasteiger partial charge is 0.314 e. The van der Waals surface area contributed by atoms with Gasteiger partial charge in [0.05, 0.1) is 5.41 Å². The standard InChI is InChI=1S/C25H32N4O3S/c1-24(2)15-25(23(31)32-24)11-6-12-29(16-25)18-9-13-28(14-10-18)22(30)19-20(26)33-21(27-19)17-7-4-3-5-8-17/h3-5,7-8,18H,6,9-16,26H2,1-2H3. The van der Waals surface area contributed by atoms with E-state index in [1.54, 1.807) is 0 Å². The summed E-state index contributed by atoms with van der Waals surface area (Å²) in [5.74, 6) is -0.112. The van der Waals surface area contributed by atoms with E-state index < -0.39 is 0 Å². The van der Waals surface area contributed by atoms with Gasteiger partial charge >= 0.3 is 5.97 Å². The average Bonchev–Trinajstić information content (AvgIpc) is 3.30. The SMILES string of the molecule is CC1(C)CC2(CCCN(C3CCN(C(=O)c4nc(-c5ccccc5)sc4N)CC3)C2)C(=O)O1. The van der Waals surface area contributed by atoms with Gasteiger partial charge in [-0.1, -0.05) is 41.7 Å². The van der Waals surface area contributed by atoms with Crippen LogP contribution in [0, 0.1) is 5.41 Å². The number of carbonyl (C=O) groups is 2. The van der Waals surface area contributed by atoms with Crippen molar-refractivity contribution in [3.05, 3.63) is 36.0 Å². The Morgan fingerprint density at radius 2 is 1.91 bits per heavy atom. The molecule has 4 heterocycles. The number of esters is 1. The van der Waals surface area contributed by atoms with Crippen LogP contribution >= 0.6 is 11.3 Å². The summed E-state index contributed by atoms with van der Waals surface area (Å²) in [6, 6.07) is 10.2. The minimum atomic E-state index is -0.373. The predicted octanol–water partition coefficient (Wildman–Crippen LogP) is 3.80. The number of thiazole rings is 1. The number of carbonyl (C=O) groups excluding carboxylic acids is 2. The number of amides is 1. The molecule has 1 amide bonds. The molecule has 176 valence electrons. The zero-order valence-corrected chi connectivity index (χ0v) is 20.2. The first-order valence-electron chi connectivity index (χ1n) is 11.8. The number of nitrogens with zero attached hydrogens (tertiary/aromatic N) is 3. The third kappa shape index (κ3) is 4.26. The number of piperidine rings is 2. The normalized spacial score (nSPS) is 26.0. The van der Waals surface area contributed by atoms with E-state index >= 15 is 0 Å². The first-order chi connectivity index (χ1) is 15.8. The molecule has 3 fully saturated rings. The largest absolute Gasteiger partial charge is 0.459 e. The van der Waals surface area contributed by atoms with Crippen LogP contribution in [-0.4, -0.2) is 64.5 Å². The summed E-state index contributed by atoms with van der Waals surface area (Å²) in [7, 11) is 0. The number of hydrogen-bond donors (Lipinski definition) is 1. The molecule has 1 atom stereocenters. The Morgan fingerprint density at radius 1 is 1.18 bits per heavy atom. The van der Waals surface area contributed by atoms with Gasteiger partial charge < -0.3 is 15.4 Å². The Morgan fingerprint density at radius 3 is 2.58 bits per heavy atom. The predicted molar refractivity (Wildman–Crippen MR) is 129 cm³/mol. The van der Waals surface area contributed by atoms with Gasteiger partial charge in [-0.05, 0) is 46.1 Å². The molecule has 3 aliphatic heterocycles. The van der Waals surface area contributed by atoms with Crippen LogP contribution in [0.5, 0.6) is 0 Å². The number of aromatic nitrogens is 1. The number of rotatable bonds is 3. The number of likely N-dealkylation sites (tertiary alicyclic amines) is 2. The maximum Gasteiger partial charge on any atom is 0.314 e. The van der Waals surface area contributed by atoms with E-state index in [4.69, 9.17) is 10.5 Å². The van der Waals surface area contributed by atoms with Gasteiger partial charge in [0, 0.05) is 37.7 Å². The van der Waals surface area contributed by atoms with Crippen LogP contribution in [0.4, 0.5) is 5.00 Å². The second-order valence-electron chi connectivity index (χ2n) is 10.3. The summed E-state index contributed by atoms with van der Waals surface area (Å²) in [5, 5.41) is 1.25. The van der Waals surface area contributed by atoms with E-state index in [1.807, 2.05) is 49.1 Å². The van der Waals surface area contributed by atoms with Crippen molar-refractivity contribution in [2.24, 2.45) is 5.41 Å². The molecular formula is C25H32N4O3S. The molecule has 0 saturated carbocycles. The maximum absolute atomic E-state index is 13.2. The van der Waals surface area contributed by atoms with Crippen molar-refractivity contribution in [2.75, 3.05) is 31.9 Å². The number of cyclic esters (lactones) is 1. The van der Waals surface area contributed by atoms with Crippen molar-refractivity contribution in [1.29, 1.82) is 0 Å². The molecule has 8 heteroatoms. The summed E-state index contributed by atoms with van der Waals surface area (Å²) < 4.78 is 5.68. The first-order valence-corrected chi connectivity index (χ1v) is 12.7. The molecule has 1 unspecified atom stereocenters. The molecule has 1 aromatic heterocycles. The number of hydrogen-bond acceptors (Lipinski definition) is 7. The van der Waals surface area contributed by atoms with Crippen molar-refractivity contribution >= 4 is 28.2 Å². The highest BCUT2D eigenvalue weighted by Crippen LogP contribution is 2.46. The first kappa shape index (κ1) is 22.3. The zero-order valence-electron chi connectivity index (χ0n) is 19.4. The monoisotopic (exact) mass is 468 g/mol. The van der Waals surface area contributed by atoms with Gasteiger partial charge in [-0.3, -0.25) is 14.5 Å². The molecule has 33 heavy (non-hydrogen) atoms. The van der Waals surface area contributed by atoms with E-state index in [-0.39, 0.29) is 22.9 Å². The van der Waals surface area contributed by atoms with Crippen LogP contribution in [0.15, 0.2) is 30.3 Å². The fraction of sp³-hybridized carbons (Fsp3) is 0.560. The lowest BCUT2D eigenvalue weighted by atomic mass is 9.74. The average molecular weight is 469 g/mol. The second kappa shape index (κ2) is 8.40. The molecule has 2 N–H and O–H groups in total. The maximum atomic E-state index is 13.2. The lowest BCUT2D eigenvalue weighted by Gasteiger charge is -2.44. The summed E-state index contributed by atoms with van der Waals surface area (Å²) in [5.41, 5.74) is 6.79. The van der Waals surface area contributed by atoms with E-state index in [2.05, 4.69) is 9.88 Å². The van der Waals surface area contributed by atoms with Crippen molar-refractivity contribution < 1.29 is 14.3 Å². The van der Waals surface area contributed by atoms with Crippen molar-refractivity contribution in [3.8, 4) is 10.6 Å². The van der Waals surface area contributed by atoms with Crippen LogP contribution in [0.25, 0.3) is 10.6 Å². The lowest BCUT2D eigenvalue weighted by Crippen LogP contribution is -2.53. The summed E-state index contributed by atoms with van der Waals surface area (Å²) in [6.07, 6.45) is 4.52. The van der Waals surface area contributed by atoms with Gasteiger partial charge in [0.15, 0.2) is 5.69 Å². The molecule has 5 rings (SSSR count). The van der Waals surface area contributed by atoms with Gasteiger partial charge in [-0.15, -0.1) is 0 Å². The van der Waals surface area contributed by atoms with E-state index in [9.17, 15) is 9.59 Å². The molecule has 3 aliphatic rings. The highest BCUT2D eigenvalue weighted by atomic mass is 32.1. The van der Waals surface area contributed by atoms with Gasteiger partial charge in [0.25, 0.3) is 5.91 Å². The molecule has 1 aromatic carbocycles. The molecule has 0 bridgehead atoms. The van der Waals surface area contributed by atoms with Gasteiger partial charge in [0.1, 0.15) is 15.6 Å². The fourth-order valence-electron chi connectivity index (χ4n) is 5.85. The van der Waals surface area contributed by atoms with Gasteiger partial charge in [-0.25, -0.2) is 4.98 Å². The molecule has 3 saturated heterocycles. The summed E-state index contributed by atoms with van der Waals surface area (Å²) >= 11 is 1.36. The second-order valence-corrected chi connectivity index (χ2v) is 11.3. The van der Waals surface area contributed by atoms with Crippen molar-refractivity contribution in [2.45, 2.75) is 57.6 Å². The van der Waals surface area contributed by atoms with Crippen LogP contribution in [0.2, 0.25) is 0 Å². The van der Waals surface area contributed by atoms with Crippen LogP contribution < -0.4 is 5.73 Å². The topological polar surface area (TPSA) is 88.8 Å². The molecule has 0 aliphatic carbocycles. The molecular weight excluding hydrogens is 436 g/mol. The lowest BCUT2D eigenvalue weighted by molar-refractivity contribution is -0.154. The van der Waals surface area contributed by atoms with E-state index in [0.29, 0.717) is 29.8 Å². The third-order valence-electron chi connectivity index (χ3n) is 7.32. The van der Waals surface area contributed by atoms with Gasteiger partial charge in [-0.2, -0.15) is 0 Å². The number of nitrogen functional groups attached to an aromatic ring is 1. The number of nitrogens with two attached hydrogens (primary N) is 1. The highest BCUT2D eigenvalue weighted by molar-refractivity contribution is 7.19. The van der Waals surface area contributed by atoms with Crippen LogP contribution in [-0.2, 0) is 9.53 Å². The van der Waals surface area contributed by atoms with Crippen molar-refractivity contribution in [3.63, 3.8) is 0 Å². The van der Waals surface area contributed by atoms with Gasteiger partial charge in [0.2, 0.25) is 0 Å². The van der Waals surface area contributed by atoms with E-state index in [1.165, 1.54) is 11.3 Å². The number of benzene rings is 1. The Labute approximate surface area is 198 Å². The van der Waals surface area contributed by atoms with Crippen molar-refractivity contribution in [1.82, 2.24) is 14.8 Å². The van der Waals surface area contributed by atoms with E-state index in [0.717, 1.165) is 55.8 Å². The number of anilines is 1. The Hall–Kier alpha value is -2.45. The Kier molecular flexibility index (Phi) is 5.69. The van der Waals surface area contributed by atoms with Crippen LogP contribution in [0.1, 0.15) is 56.4 Å². The Bertz CT molecular complexity index is 1050. The Balaban J connectivity index is 1.22. The third-order valence-corrected chi connectivity index (χ3v) is 8.25. The molecule has 1 spiro atoms. The quantitative estimate of drug-likeness (QED) is 0.689. The molecule has 7 nitrogen and oxygen atoms in total. The minimum Gasteiger partial charge on any atom is -0.459 e. The molecule has 0 radical (unpaired) electrons. The zero-order chi connectivity index (χ0) is 23.2. The fourth-order valence-corrected chi connectivity index (χ4v) is 6.67. The van der Waals surface area contributed by atoms with Crippen LogP contribution in [0.3, 0.4) is 0 Å². The summed E-state index contributed by atoms with van der Waals surface area (Å²) in [6.45, 7) is 7.16. The highest BCUT2D eigenvalue weighted by Gasteiger charge is 2.54. The molecule has 2 aromatic rings.